The molecule has 15 nitrogen and oxygen atoms in total. The SMILES string of the molecule is C.C.CC.CC.CC.CC.Cc1cc(C)cc(C)c1.Cc1cc(C)cc(C)c1.Nc1ccc(-c2ccc3c(c2)CC(c2cccc(C4=Nc5ccc(-c6ccc7c(c6)CC(c6cccc(-c8nc9cc(-c%10ccc(N)c(N)c%10)ccc9[nH]8)c6)=N7)cc5C4)c2)=N3)cc1N.O=COc1cc(C(=O)O)cc(C(=O)O)c1. The fourth-order valence-corrected chi connectivity index (χ4v) is 12.6. The Morgan fingerprint density at radius 3 is 1.04 bits per heavy atom. The summed E-state index contributed by atoms with van der Waals surface area (Å²) in [4.78, 5) is 54.9. The number of H-pyrrole nitrogens is 1. The van der Waals surface area contributed by atoms with Crippen molar-refractivity contribution in [1.82, 2.24) is 9.97 Å². The molecule has 11 N–H and O–H groups in total. The Balaban J connectivity index is 0.000000341. The van der Waals surface area contributed by atoms with Gasteiger partial charge >= 0.3 is 11.9 Å². The fourth-order valence-electron chi connectivity index (χ4n) is 12.6. The van der Waals surface area contributed by atoms with Gasteiger partial charge in [-0.05, 0) is 211 Å². The van der Waals surface area contributed by atoms with Crippen LogP contribution in [-0.4, -0.2) is 55.7 Å². The number of aromatic amines is 1. The normalized spacial score (nSPS) is 11.3. The van der Waals surface area contributed by atoms with Crippen LogP contribution in [0.1, 0.15) is 158 Å². The zero-order valence-corrected chi connectivity index (χ0v) is 62.5. The number of aryl methyl sites for hydroxylation is 6. The minimum Gasteiger partial charge on any atom is -0.478 e. The summed E-state index contributed by atoms with van der Waals surface area (Å²) in [5.41, 5.74) is 56.6. The highest BCUT2D eigenvalue weighted by Crippen LogP contribution is 2.39. The first-order chi connectivity index (χ1) is 50.6. The number of ether oxygens (including phenoxy) is 1. The second-order valence-corrected chi connectivity index (χ2v) is 24.8. The van der Waals surface area contributed by atoms with Gasteiger partial charge in [0.1, 0.15) is 11.6 Å². The van der Waals surface area contributed by atoms with Gasteiger partial charge in [0, 0.05) is 24.8 Å². The van der Waals surface area contributed by atoms with Gasteiger partial charge in [0.05, 0.1) is 79.1 Å². The van der Waals surface area contributed by atoms with Crippen LogP contribution in [0.2, 0.25) is 0 Å². The van der Waals surface area contributed by atoms with Crippen LogP contribution in [0.4, 0.5) is 39.8 Å². The number of fused-ring (bicyclic) bond motifs is 4. The molecule has 0 spiro atoms. The van der Waals surface area contributed by atoms with E-state index in [1.165, 1.54) is 61.2 Å². The van der Waals surface area contributed by atoms with Crippen molar-refractivity contribution in [3.63, 3.8) is 0 Å². The third-order valence-corrected chi connectivity index (χ3v) is 17.0. The van der Waals surface area contributed by atoms with Crippen LogP contribution in [0.3, 0.4) is 0 Å². The van der Waals surface area contributed by atoms with Crippen molar-refractivity contribution < 1.29 is 29.3 Å². The Hall–Kier alpha value is -12.5. The average Bonchev–Trinajstić information content (AvgIpc) is 1.65. The molecule has 0 unspecified atom stereocenters. The van der Waals surface area contributed by atoms with Crippen molar-refractivity contribution in [1.29, 1.82) is 0 Å². The molecule has 3 aliphatic heterocycles. The maximum absolute atomic E-state index is 10.6. The van der Waals surface area contributed by atoms with Crippen LogP contribution in [-0.2, 0) is 24.1 Å². The number of nitrogens with one attached hydrogen (secondary N) is 1. The van der Waals surface area contributed by atoms with Crippen LogP contribution in [0.5, 0.6) is 5.75 Å². The molecule has 0 saturated heterocycles. The summed E-state index contributed by atoms with van der Waals surface area (Å²) < 4.78 is 4.38. The minimum absolute atomic E-state index is 0. The van der Waals surface area contributed by atoms with E-state index in [4.69, 9.17) is 53.1 Å². The maximum Gasteiger partial charge on any atom is 0.335 e. The minimum atomic E-state index is -1.30. The molecule has 552 valence electrons. The molecule has 3 aliphatic rings. The molecule has 0 aliphatic carbocycles. The predicted molar refractivity (Wildman–Crippen MR) is 452 cm³/mol. The summed E-state index contributed by atoms with van der Waals surface area (Å²) in [7, 11) is 0. The number of nitrogens with two attached hydrogens (primary N) is 4. The molecule has 15 heteroatoms. The summed E-state index contributed by atoms with van der Waals surface area (Å²) in [6.07, 6.45) is 2.29. The van der Waals surface area contributed by atoms with Gasteiger partial charge in [0.25, 0.3) is 6.47 Å². The lowest BCUT2D eigenvalue weighted by Crippen LogP contribution is -2.05. The molecule has 12 aromatic rings. The van der Waals surface area contributed by atoms with Gasteiger partial charge in [-0.15, -0.1) is 0 Å². The molecule has 11 aromatic carbocycles. The Morgan fingerprint density at radius 2 is 0.692 bits per heavy atom. The highest BCUT2D eigenvalue weighted by molar-refractivity contribution is 6.11. The van der Waals surface area contributed by atoms with Gasteiger partial charge in [-0.2, -0.15) is 0 Å². The highest BCUT2D eigenvalue weighted by Gasteiger charge is 2.23. The zero-order valence-electron chi connectivity index (χ0n) is 62.5. The number of aromatic carboxylic acids is 2. The second kappa shape index (κ2) is 38.9. The topological polar surface area (TPSA) is 271 Å². The van der Waals surface area contributed by atoms with Gasteiger partial charge in [0.15, 0.2) is 0 Å². The number of aliphatic imine (C=N–C) groups is 3. The van der Waals surface area contributed by atoms with E-state index in [0.29, 0.717) is 22.7 Å². The second-order valence-electron chi connectivity index (χ2n) is 24.8. The lowest BCUT2D eigenvalue weighted by Gasteiger charge is -2.08. The Morgan fingerprint density at radius 1 is 0.374 bits per heavy atom. The van der Waals surface area contributed by atoms with E-state index < -0.39 is 11.9 Å². The number of imidazole rings is 1. The molecule has 1 aromatic heterocycles. The van der Waals surface area contributed by atoms with Crippen molar-refractivity contribution in [2.45, 2.75) is 131 Å². The van der Waals surface area contributed by atoms with Crippen LogP contribution in [0.15, 0.2) is 227 Å². The van der Waals surface area contributed by atoms with E-state index in [0.717, 1.165) is 133 Å². The van der Waals surface area contributed by atoms with Crippen molar-refractivity contribution in [2.75, 3.05) is 22.9 Å². The monoisotopic (exact) mass is 1430 g/mol. The van der Waals surface area contributed by atoms with E-state index in [-0.39, 0.29) is 38.2 Å². The lowest BCUT2D eigenvalue weighted by molar-refractivity contribution is -0.120. The fraction of sp³-hybridized carbons (Fsp3) is 0.207. The van der Waals surface area contributed by atoms with Gasteiger partial charge < -0.3 is 42.9 Å². The molecule has 0 amide bonds. The summed E-state index contributed by atoms with van der Waals surface area (Å²) in [6.45, 7) is 28.8. The van der Waals surface area contributed by atoms with Crippen molar-refractivity contribution in [3.8, 4) is 50.5 Å². The van der Waals surface area contributed by atoms with Gasteiger partial charge in [-0.25, -0.2) is 14.6 Å². The number of rotatable bonds is 11. The van der Waals surface area contributed by atoms with E-state index in [9.17, 15) is 14.4 Å². The Kier molecular flexibility index (Phi) is 30.3. The summed E-state index contributed by atoms with van der Waals surface area (Å²) in [5, 5.41) is 17.3. The third kappa shape index (κ3) is 21.1. The zero-order chi connectivity index (χ0) is 76.2. The van der Waals surface area contributed by atoms with Crippen LogP contribution in [0, 0.1) is 41.5 Å². The van der Waals surface area contributed by atoms with Gasteiger partial charge in [-0.3, -0.25) is 19.8 Å². The number of hydrogen-bond acceptors (Lipinski definition) is 12. The predicted octanol–water partition coefficient (Wildman–Crippen LogP) is 22.8. The van der Waals surface area contributed by atoms with E-state index in [2.05, 4.69) is 209 Å². The van der Waals surface area contributed by atoms with E-state index in [1.807, 2.05) is 91.8 Å². The third-order valence-electron chi connectivity index (χ3n) is 17.0. The molecule has 0 bridgehead atoms. The van der Waals surface area contributed by atoms with Crippen molar-refractivity contribution in [3.05, 3.63) is 290 Å². The van der Waals surface area contributed by atoms with Crippen molar-refractivity contribution in [2.24, 2.45) is 15.0 Å². The molecule has 0 saturated carbocycles. The first-order valence-electron chi connectivity index (χ1n) is 35.6. The number of benzene rings is 11. The largest absolute Gasteiger partial charge is 0.478 e. The Labute approximate surface area is 632 Å². The van der Waals surface area contributed by atoms with Crippen LogP contribution in [0.25, 0.3) is 55.8 Å². The number of anilines is 4. The number of carboxylic acids is 2. The first-order valence-corrected chi connectivity index (χ1v) is 35.6. The number of carbonyl (C=O) groups excluding carboxylic acids is 1. The quantitative estimate of drug-likeness (QED) is 0.0472. The summed E-state index contributed by atoms with van der Waals surface area (Å²) in [6, 6.07) is 70.7. The molecule has 4 heterocycles. The molecule has 107 heavy (non-hydrogen) atoms. The standard InChI is InChI=1S/C55H41N9.C9H6O6.2C9H12.4C2H6.2CH4/c56-43-13-7-33(24-45(43)58)32-11-17-49-42(21-32)28-52(61-49)37-4-1-3-36(22-37)51-27-40-19-30(9-15-47(40)60-51)31-10-16-48-41(20-31)29-53(62-48)38-5-2-6-39(23-38)55-63-50-18-12-35(26-54(50)64-55)34-8-14-44(57)46(59)25-34;10-4-15-7-2-5(8(11)12)1-6(3-7)9(13)14;2*1-7-4-8(2)6-9(3)5-7;4*1-2;;/h1-26H,27-29,56-59H2,(H,63,64);1-4H,(H,11,12)(H,13,14);2*4-6H,1-3H3;4*1-2H3;2*1H4. The van der Waals surface area contributed by atoms with Crippen LogP contribution < -0.4 is 27.7 Å². The number of carboxylic acid groups (broad SMARTS) is 2. The van der Waals surface area contributed by atoms with E-state index >= 15 is 0 Å². The number of carbonyl (C=O) groups is 3. The molecule has 0 fully saturated rings. The van der Waals surface area contributed by atoms with Crippen LogP contribution >= 0.6 is 0 Å². The molecular formula is C92H103N9O6. The average molecular weight is 1430 g/mol. The van der Waals surface area contributed by atoms with E-state index in [1.54, 1.807) is 0 Å². The number of nitrogen functional groups attached to an aromatic ring is 4. The number of hydrogen-bond donors (Lipinski definition) is 7. The Bertz CT molecular complexity index is 5050. The molecule has 15 rings (SSSR count). The molecular weight excluding hydrogens is 1330 g/mol. The highest BCUT2D eigenvalue weighted by atomic mass is 16.5. The number of aromatic nitrogens is 2. The smallest absolute Gasteiger partial charge is 0.335 e. The summed E-state index contributed by atoms with van der Waals surface area (Å²) in [5.74, 6) is -1.91. The van der Waals surface area contributed by atoms with Gasteiger partial charge in [0.2, 0.25) is 0 Å². The number of nitrogens with zero attached hydrogens (tertiary/aromatic N) is 4. The first kappa shape index (κ1) is 83.5. The maximum atomic E-state index is 10.6. The van der Waals surface area contributed by atoms with Crippen molar-refractivity contribution >= 4 is 86.4 Å². The molecule has 0 radical (unpaired) electrons. The van der Waals surface area contributed by atoms with Gasteiger partial charge in [-0.1, -0.05) is 213 Å². The summed E-state index contributed by atoms with van der Waals surface area (Å²) >= 11 is 0. The molecule has 0 atom stereocenters. The lowest BCUT2D eigenvalue weighted by atomic mass is 9.95.